The average Bonchev–Trinajstić information content (AvgIpc) is 2.38. The predicted octanol–water partition coefficient (Wildman–Crippen LogP) is 2.43. The fraction of sp³-hybridized carbons (Fsp3) is 0. The first kappa shape index (κ1) is 11.7. The molecule has 0 radical (unpaired) electrons. The van der Waals surface area contributed by atoms with Crippen LogP contribution < -0.4 is 5.43 Å². The molecule has 2 heterocycles. The summed E-state index contributed by atoms with van der Waals surface area (Å²) in [5.41, 5.74) is 0.337. The van der Waals surface area contributed by atoms with Gasteiger partial charge >= 0.3 is 5.97 Å². The summed E-state index contributed by atoms with van der Waals surface area (Å²) in [7, 11) is 0. The molecule has 1 aromatic carbocycles. The second-order valence-corrected chi connectivity index (χ2v) is 4.48. The number of rotatable bonds is 1. The number of nitrogens with zero attached hydrogens (tertiary/aromatic N) is 1. The summed E-state index contributed by atoms with van der Waals surface area (Å²) < 4.78 is 0. The fourth-order valence-corrected chi connectivity index (χ4v) is 2.17. The molecule has 0 saturated carbocycles. The second kappa shape index (κ2) is 4.07. The summed E-state index contributed by atoms with van der Waals surface area (Å²) >= 11 is 5.88. The molecule has 0 atom stereocenters. The molecule has 0 aliphatic carbocycles. The molecule has 2 aromatic heterocycles. The molecule has 0 spiro atoms. The number of aromatic amines is 1. The topological polar surface area (TPSA) is 83.0 Å². The Labute approximate surface area is 111 Å². The molecule has 94 valence electrons. The van der Waals surface area contributed by atoms with Crippen LogP contribution in [-0.2, 0) is 0 Å². The third-order valence-corrected chi connectivity index (χ3v) is 3.15. The van der Waals surface area contributed by atoms with Crippen molar-refractivity contribution in [3.8, 4) is 0 Å². The number of pyridine rings is 2. The van der Waals surface area contributed by atoms with Crippen LogP contribution in [0.2, 0.25) is 5.02 Å². The van der Waals surface area contributed by atoms with E-state index in [1.807, 2.05) is 0 Å². The molecule has 19 heavy (non-hydrogen) atoms. The average molecular weight is 275 g/mol. The second-order valence-electron chi connectivity index (χ2n) is 4.04. The molecule has 0 saturated heterocycles. The number of carboxylic acid groups (broad SMARTS) is 1. The molecule has 0 aliphatic rings. The zero-order valence-corrected chi connectivity index (χ0v) is 10.2. The van der Waals surface area contributed by atoms with Crippen LogP contribution in [0.5, 0.6) is 0 Å². The standard InChI is InChI=1S/C13H7ClN2O3/c14-6-1-2-7-10(3-6)15-4-8-11(7)16-5-9(12(8)17)13(18)19/h1-5H,(H,16,17)(H,18,19). The van der Waals surface area contributed by atoms with E-state index >= 15 is 0 Å². The molecule has 0 amide bonds. The van der Waals surface area contributed by atoms with E-state index in [1.165, 1.54) is 12.4 Å². The highest BCUT2D eigenvalue weighted by Gasteiger charge is 2.13. The summed E-state index contributed by atoms with van der Waals surface area (Å²) in [5, 5.41) is 10.4. The first-order valence-electron chi connectivity index (χ1n) is 5.41. The van der Waals surface area contributed by atoms with Crippen molar-refractivity contribution in [3.63, 3.8) is 0 Å². The van der Waals surface area contributed by atoms with Gasteiger partial charge in [0.05, 0.1) is 16.4 Å². The molecule has 3 aromatic rings. The molecular formula is C13H7ClN2O3. The van der Waals surface area contributed by atoms with Crippen molar-refractivity contribution in [2.45, 2.75) is 0 Å². The Hall–Kier alpha value is -2.40. The van der Waals surface area contributed by atoms with Gasteiger partial charge in [-0.25, -0.2) is 4.79 Å². The van der Waals surface area contributed by atoms with E-state index in [4.69, 9.17) is 16.7 Å². The van der Waals surface area contributed by atoms with Crippen LogP contribution in [0.3, 0.4) is 0 Å². The van der Waals surface area contributed by atoms with Crippen LogP contribution >= 0.6 is 11.6 Å². The van der Waals surface area contributed by atoms with E-state index in [0.29, 0.717) is 16.1 Å². The van der Waals surface area contributed by atoms with Crippen molar-refractivity contribution in [1.29, 1.82) is 0 Å². The third-order valence-electron chi connectivity index (χ3n) is 2.91. The first-order valence-corrected chi connectivity index (χ1v) is 5.78. The van der Waals surface area contributed by atoms with Crippen LogP contribution in [0.15, 0.2) is 35.4 Å². The maximum absolute atomic E-state index is 12.0. The minimum atomic E-state index is -1.26. The number of nitrogens with one attached hydrogen (secondary N) is 1. The maximum Gasteiger partial charge on any atom is 0.341 e. The quantitative estimate of drug-likeness (QED) is 0.668. The number of aromatic nitrogens is 2. The molecule has 0 bridgehead atoms. The number of hydrogen-bond donors (Lipinski definition) is 2. The predicted molar refractivity (Wildman–Crippen MR) is 71.8 cm³/mol. The van der Waals surface area contributed by atoms with Crippen LogP contribution in [-0.4, -0.2) is 21.0 Å². The van der Waals surface area contributed by atoms with Gasteiger partial charge in [-0.05, 0) is 18.2 Å². The Bertz CT molecular complexity index is 886. The van der Waals surface area contributed by atoms with E-state index in [2.05, 4.69) is 9.97 Å². The van der Waals surface area contributed by atoms with E-state index < -0.39 is 11.4 Å². The number of hydrogen-bond acceptors (Lipinski definition) is 3. The maximum atomic E-state index is 12.0. The lowest BCUT2D eigenvalue weighted by molar-refractivity contribution is 0.0695. The zero-order valence-electron chi connectivity index (χ0n) is 9.48. The van der Waals surface area contributed by atoms with Gasteiger partial charge < -0.3 is 10.1 Å². The van der Waals surface area contributed by atoms with Crippen molar-refractivity contribution < 1.29 is 9.90 Å². The van der Waals surface area contributed by atoms with Crippen LogP contribution in [0.25, 0.3) is 21.8 Å². The summed E-state index contributed by atoms with van der Waals surface area (Å²) in [6, 6.07) is 5.11. The van der Waals surface area contributed by atoms with Gasteiger partial charge in [0.2, 0.25) is 5.43 Å². The molecule has 3 rings (SSSR count). The summed E-state index contributed by atoms with van der Waals surface area (Å²) in [4.78, 5) is 29.9. The summed E-state index contributed by atoms with van der Waals surface area (Å²) in [6.07, 6.45) is 2.56. The van der Waals surface area contributed by atoms with Gasteiger partial charge in [0, 0.05) is 22.8 Å². The van der Waals surface area contributed by atoms with Gasteiger partial charge in [-0.3, -0.25) is 9.78 Å². The molecular weight excluding hydrogens is 268 g/mol. The van der Waals surface area contributed by atoms with Gasteiger partial charge in [0.1, 0.15) is 5.56 Å². The molecule has 2 N–H and O–H groups in total. The molecule has 5 nitrogen and oxygen atoms in total. The number of halogens is 1. The largest absolute Gasteiger partial charge is 0.477 e. The van der Waals surface area contributed by atoms with Gasteiger partial charge in [0.25, 0.3) is 0 Å². The SMILES string of the molecule is O=C(O)c1c[nH]c2c(cnc3cc(Cl)ccc32)c1=O. The lowest BCUT2D eigenvalue weighted by Crippen LogP contribution is -2.15. The zero-order chi connectivity index (χ0) is 13.6. The highest BCUT2D eigenvalue weighted by atomic mass is 35.5. The van der Waals surface area contributed by atoms with E-state index in [-0.39, 0.29) is 10.9 Å². The van der Waals surface area contributed by atoms with Gasteiger partial charge in [-0.2, -0.15) is 0 Å². The van der Waals surface area contributed by atoms with E-state index in [9.17, 15) is 9.59 Å². The smallest absolute Gasteiger partial charge is 0.341 e. The number of aromatic carboxylic acids is 1. The lowest BCUT2D eigenvalue weighted by Gasteiger charge is -2.04. The summed E-state index contributed by atoms with van der Waals surface area (Å²) in [6.45, 7) is 0. The number of carboxylic acids is 1. The number of H-pyrrole nitrogens is 1. The van der Waals surface area contributed by atoms with Crippen LogP contribution in [0.4, 0.5) is 0 Å². The van der Waals surface area contributed by atoms with Crippen LogP contribution in [0, 0.1) is 0 Å². The molecule has 0 aliphatic heterocycles. The Morgan fingerprint density at radius 1 is 1.32 bits per heavy atom. The van der Waals surface area contributed by atoms with Crippen molar-refractivity contribution in [1.82, 2.24) is 9.97 Å². The lowest BCUT2D eigenvalue weighted by atomic mass is 10.1. The van der Waals surface area contributed by atoms with Gasteiger partial charge in [-0.15, -0.1) is 0 Å². The van der Waals surface area contributed by atoms with Crippen molar-refractivity contribution in [2.24, 2.45) is 0 Å². The Balaban J connectivity index is 2.49. The van der Waals surface area contributed by atoms with Crippen molar-refractivity contribution >= 4 is 39.4 Å². The Morgan fingerprint density at radius 2 is 2.11 bits per heavy atom. The van der Waals surface area contributed by atoms with E-state index in [1.54, 1.807) is 18.2 Å². The fourth-order valence-electron chi connectivity index (χ4n) is 2.01. The number of fused-ring (bicyclic) bond motifs is 3. The molecule has 6 heteroatoms. The monoisotopic (exact) mass is 274 g/mol. The normalized spacial score (nSPS) is 11.0. The highest BCUT2D eigenvalue weighted by Crippen LogP contribution is 2.22. The van der Waals surface area contributed by atoms with Gasteiger partial charge in [-0.1, -0.05) is 11.6 Å². The summed E-state index contributed by atoms with van der Waals surface area (Å²) in [5.74, 6) is -1.26. The number of benzene rings is 1. The Kier molecular flexibility index (Phi) is 2.50. The van der Waals surface area contributed by atoms with Crippen molar-refractivity contribution in [2.75, 3.05) is 0 Å². The minimum absolute atomic E-state index is 0.245. The first-order chi connectivity index (χ1) is 9.08. The third kappa shape index (κ3) is 1.75. The molecule has 0 unspecified atom stereocenters. The van der Waals surface area contributed by atoms with Crippen molar-refractivity contribution in [3.05, 3.63) is 51.4 Å². The van der Waals surface area contributed by atoms with E-state index in [0.717, 1.165) is 5.39 Å². The Morgan fingerprint density at radius 3 is 2.84 bits per heavy atom. The molecule has 0 fully saturated rings. The minimum Gasteiger partial charge on any atom is -0.477 e. The highest BCUT2D eigenvalue weighted by molar-refractivity contribution is 6.31. The number of carbonyl (C=O) groups is 1. The van der Waals surface area contributed by atoms with Crippen LogP contribution in [0.1, 0.15) is 10.4 Å². The van der Waals surface area contributed by atoms with Gasteiger partial charge in [0.15, 0.2) is 0 Å².